The summed E-state index contributed by atoms with van der Waals surface area (Å²) >= 11 is 6.34. The minimum absolute atomic E-state index is 0.839. The van der Waals surface area contributed by atoms with Crippen molar-refractivity contribution < 1.29 is 4.52 Å². The molecule has 3 aromatic rings. The van der Waals surface area contributed by atoms with Gasteiger partial charge in [-0.15, -0.1) is 0 Å². The van der Waals surface area contributed by atoms with Crippen LogP contribution in [-0.2, 0) is 6.42 Å². The quantitative estimate of drug-likeness (QED) is 0.548. The summed E-state index contributed by atoms with van der Waals surface area (Å²) in [6.45, 7) is 9.50. The van der Waals surface area contributed by atoms with E-state index in [1.807, 2.05) is 12.1 Å². The van der Waals surface area contributed by atoms with Gasteiger partial charge in [0, 0.05) is 44.2 Å². The number of aromatic nitrogens is 1. The molecule has 0 saturated carbocycles. The zero-order chi connectivity index (χ0) is 20.2. The molecule has 0 spiro atoms. The number of hydrogen-bond acceptors (Lipinski definition) is 4. The van der Waals surface area contributed by atoms with Gasteiger partial charge in [0.25, 0.3) is 0 Å². The van der Waals surface area contributed by atoms with E-state index in [-0.39, 0.29) is 0 Å². The van der Waals surface area contributed by atoms with Crippen LogP contribution in [0.25, 0.3) is 11.3 Å². The van der Waals surface area contributed by atoms with Crippen LogP contribution in [0.15, 0.2) is 53.1 Å². The third-order valence-electron chi connectivity index (χ3n) is 5.82. The summed E-state index contributed by atoms with van der Waals surface area (Å²) in [5.41, 5.74) is 5.78. The number of halogens is 1. The number of piperazine rings is 1. The van der Waals surface area contributed by atoms with Gasteiger partial charge < -0.3 is 9.42 Å². The minimum atomic E-state index is 0.839. The van der Waals surface area contributed by atoms with Gasteiger partial charge in [-0.25, -0.2) is 0 Å². The lowest BCUT2D eigenvalue weighted by Gasteiger charge is -2.36. The average molecular weight is 410 g/mol. The van der Waals surface area contributed by atoms with Gasteiger partial charge in [0.05, 0.1) is 10.7 Å². The lowest BCUT2D eigenvalue weighted by Crippen LogP contribution is -2.46. The molecule has 1 aromatic heterocycles. The Bertz CT molecular complexity index is 960. The molecule has 1 saturated heterocycles. The van der Waals surface area contributed by atoms with Gasteiger partial charge in [-0.2, -0.15) is 0 Å². The molecule has 0 atom stereocenters. The molecule has 0 bridgehead atoms. The lowest BCUT2D eigenvalue weighted by molar-refractivity contribution is 0.251. The highest BCUT2D eigenvalue weighted by atomic mass is 35.5. The van der Waals surface area contributed by atoms with Crippen LogP contribution in [0, 0.1) is 13.8 Å². The van der Waals surface area contributed by atoms with Crippen molar-refractivity contribution in [2.75, 3.05) is 37.6 Å². The number of hydrogen-bond donors (Lipinski definition) is 0. The molecule has 152 valence electrons. The molecule has 2 heterocycles. The number of aryl methyl sites for hydroxylation is 3. The molecule has 0 amide bonds. The molecule has 0 radical (unpaired) electrons. The zero-order valence-corrected chi connectivity index (χ0v) is 18.0. The fourth-order valence-corrected chi connectivity index (χ4v) is 4.12. The highest BCUT2D eigenvalue weighted by Crippen LogP contribution is 2.26. The molecule has 1 fully saturated rings. The summed E-state index contributed by atoms with van der Waals surface area (Å²) in [5, 5.41) is 5.11. The Balaban J connectivity index is 1.25. The van der Waals surface area contributed by atoms with E-state index in [1.54, 1.807) is 0 Å². The van der Waals surface area contributed by atoms with Crippen molar-refractivity contribution in [3.63, 3.8) is 0 Å². The molecule has 4 nitrogen and oxygen atoms in total. The molecule has 2 aromatic carbocycles. The maximum absolute atomic E-state index is 6.34. The molecule has 4 rings (SSSR count). The van der Waals surface area contributed by atoms with Crippen LogP contribution in [-0.4, -0.2) is 42.8 Å². The predicted octanol–water partition coefficient (Wildman–Crippen LogP) is 5.37. The summed E-state index contributed by atoms with van der Waals surface area (Å²) in [6, 6.07) is 16.6. The van der Waals surface area contributed by atoms with E-state index in [1.165, 1.54) is 11.1 Å². The van der Waals surface area contributed by atoms with E-state index in [4.69, 9.17) is 16.1 Å². The number of rotatable bonds is 6. The Hall–Kier alpha value is -2.30. The van der Waals surface area contributed by atoms with Crippen LogP contribution < -0.4 is 4.90 Å². The van der Waals surface area contributed by atoms with Gasteiger partial charge >= 0.3 is 0 Å². The summed E-state index contributed by atoms with van der Waals surface area (Å²) < 4.78 is 5.58. The minimum Gasteiger partial charge on any atom is -0.368 e. The van der Waals surface area contributed by atoms with Crippen LogP contribution in [0.2, 0.25) is 5.02 Å². The van der Waals surface area contributed by atoms with Gasteiger partial charge in [0.2, 0.25) is 0 Å². The molecule has 29 heavy (non-hydrogen) atoms. The first kappa shape index (κ1) is 20.0. The fraction of sp³-hybridized carbons (Fsp3) is 0.375. The second-order valence-corrected chi connectivity index (χ2v) is 8.27. The molecule has 1 aliphatic rings. The van der Waals surface area contributed by atoms with Crippen molar-refractivity contribution in [2.45, 2.75) is 26.7 Å². The Labute approximate surface area is 178 Å². The van der Waals surface area contributed by atoms with Gasteiger partial charge in [-0.1, -0.05) is 41.0 Å². The SMILES string of the molecule is Cc1ccc(-c2cc(CCCN3CCN(c4ccccc4Cl)CC3)on2)cc1C. The van der Waals surface area contributed by atoms with Crippen LogP contribution >= 0.6 is 11.6 Å². The molecule has 1 aliphatic heterocycles. The molecular formula is C24H28ClN3O. The Morgan fingerprint density at radius 3 is 2.52 bits per heavy atom. The van der Waals surface area contributed by atoms with Gasteiger partial charge in [0.15, 0.2) is 0 Å². The monoisotopic (exact) mass is 409 g/mol. The fourth-order valence-electron chi connectivity index (χ4n) is 3.87. The van der Waals surface area contributed by atoms with E-state index < -0.39 is 0 Å². The van der Waals surface area contributed by atoms with Gasteiger partial charge in [-0.3, -0.25) is 4.90 Å². The topological polar surface area (TPSA) is 32.5 Å². The lowest BCUT2D eigenvalue weighted by atomic mass is 10.0. The van der Waals surface area contributed by atoms with E-state index in [9.17, 15) is 0 Å². The number of nitrogens with zero attached hydrogens (tertiary/aromatic N) is 3. The summed E-state index contributed by atoms with van der Waals surface area (Å²) in [6.07, 6.45) is 2.00. The van der Waals surface area contributed by atoms with Crippen molar-refractivity contribution >= 4 is 17.3 Å². The smallest absolute Gasteiger partial charge is 0.137 e. The van der Waals surface area contributed by atoms with Crippen molar-refractivity contribution in [1.82, 2.24) is 10.1 Å². The van der Waals surface area contributed by atoms with Crippen LogP contribution in [0.4, 0.5) is 5.69 Å². The van der Waals surface area contributed by atoms with E-state index in [2.05, 4.69) is 65.2 Å². The Morgan fingerprint density at radius 2 is 1.76 bits per heavy atom. The Kier molecular flexibility index (Phi) is 6.22. The number of para-hydroxylation sites is 1. The first-order valence-corrected chi connectivity index (χ1v) is 10.7. The predicted molar refractivity (Wildman–Crippen MR) is 120 cm³/mol. The molecule has 5 heteroatoms. The standard InChI is InChI=1S/C24H28ClN3O/c1-18-9-10-20(16-19(18)2)23-17-21(29-26-23)6-5-11-27-12-14-28(15-13-27)24-8-4-3-7-22(24)25/h3-4,7-10,16-17H,5-6,11-15H2,1-2H3. The zero-order valence-electron chi connectivity index (χ0n) is 17.2. The highest BCUT2D eigenvalue weighted by Gasteiger charge is 2.18. The second-order valence-electron chi connectivity index (χ2n) is 7.86. The van der Waals surface area contributed by atoms with Gasteiger partial charge in [0.1, 0.15) is 11.5 Å². The van der Waals surface area contributed by atoms with E-state index >= 15 is 0 Å². The van der Waals surface area contributed by atoms with E-state index in [0.29, 0.717) is 0 Å². The van der Waals surface area contributed by atoms with Crippen molar-refractivity contribution in [3.05, 3.63) is 70.4 Å². The third-order valence-corrected chi connectivity index (χ3v) is 6.14. The van der Waals surface area contributed by atoms with Crippen molar-refractivity contribution in [3.8, 4) is 11.3 Å². The summed E-state index contributed by atoms with van der Waals surface area (Å²) in [7, 11) is 0. The van der Waals surface area contributed by atoms with Crippen LogP contribution in [0.3, 0.4) is 0 Å². The number of benzene rings is 2. The molecule has 0 aliphatic carbocycles. The van der Waals surface area contributed by atoms with Crippen molar-refractivity contribution in [2.24, 2.45) is 0 Å². The third kappa shape index (κ3) is 4.82. The first-order valence-electron chi connectivity index (χ1n) is 10.4. The van der Waals surface area contributed by atoms with Gasteiger partial charge in [-0.05, 0) is 56.1 Å². The maximum atomic E-state index is 6.34. The average Bonchev–Trinajstić information content (AvgIpc) is 3.20. The maximum Gasteiger partial charge on any atom is 0.137 e. The van der Waals surface area contributed by atoms with Crippen LogP contribution in [0.1, 0.15) is 23.3 Å². The summed E-state index contributed by atoms with van der Waals surface area (Å²) in [4.78, 5) is 4.90. The highest BCUT2D eigenvalue weighted by molar-refractivity contribution is 6.33. The van der Waals surface area contributed by atoms with E-state index in [0.717, 1.165) is 73.3 Å². The second kappa shape index (κ2) is 9.02. The Morgan fingerprint density at radius 1 is 0.966 bits per heavy atom. The molecule has 0 N–H and O–H groups in total. The normalized spacial score (nSPS) is 15.1. The number of anilines is 1. The molecular weight excluding hydrogens is 382 g/mol. The molecule has 0 unspecified atom stereocenters. The summed E-state index contributed by atoms with van der Waals surface area (Å²) in [5.74, 6) is 0.966. The first-order chi connectivity index (χ1) is 14.1. The van der Waals surface area contributed by atoms with Crippen molar-refractivity contribution in [1.29, 1.82) is 0 Å². The largest absolute Gasteiger partial charge is 0.368 e. The van der Waals surface area contributed by atoms with Crippen LogP contribution in [0.5, 0.6) is 0 Å².